The van der Waals surface area contributed by atoms with Crippen molar-refractivity contribution in [2.24, 2.45) is 0 Å². The van der Waals surface area contributed by atoms with Gasteiger partial charge in [0.25, 0.3) is 0 Å². The summed E-state index contributed by atoms with van der Waals surface area (Å²) in [6.07, 6.45) is 8.57. The van der Waals surface area contributed by atoms with Gasteiger partial charge >= 0.3 is 0 Å². The summed E-state index contributed by atoms with van der Waals surface area (Å²) in [5, 5.41) is 8.28. The Balaban J connectivity index is 1.26. The molecule has 0 bridgehead atoms. The van der Waals surface area contributed by atoms with Gasteiger partial charge in [0.2, 0.25) is 5.91 Å². The zero-order valence-electron chi connectivity index (χ0n) is 16.5. The van der Waals surface area contributed by atoms with Crippen molar-refractivity contribution in [3.63, 3.8) is 0 Å². The van der Waals surface area contributed by atoms with E-state index in [9.17, 15) is 4.79 Å². The van der Waals surface area contributed by atoms with E-state index in [0.29, 0.717) is 22.4 Å². The molecule has 2 aromatic rings. The van der Waals surface area contributed by atoms with E-state index in [2.05, 4.69) is 20.2 Å². The molecule has 1 aliphatic heterocycles. The van der Waals surface area contributed by atoms with Crippen LogP contribution in [0.4, 0.5) is 5.82 Å². The standard InChI is InChI=1S/C21H27Cl2N5O/c22-18-7-6-17(14-19(18)23)28-9-8-20(25-28)24-21(29)15-26-10-12-27(13-11-26)16-4-2-1-3-5-16/h6-9,14,16H,1-5,10-13,15H2,(H,24,25,29). The normalized spacial score (nSPS) is 19.4. The maximum Gasteiger partial charge on any atom is 0.239 e. The summed E-state index contributed by atoms with van der Waals surface area (Å²) in [5.74, 6) is 0.498. The molecule has 2 heterocycles. The molecule has 6 nitrogen and oxygen atoms in total. The van der Waals surface area contributed by atoms with E-state index < -0.39 is 0 Å². The van der Waals surface area contributed by atoms with E-state index >= 15 is 0 Å². The number of amides is 1. The number of piperazine rings is 1. The molecule has 1 amide bonds. The first-order valence-electron chi connectivity index (χ1n) is 10.4. The second kappa shape index (κ2) is 9.47. The lowest BCUT2D eigenvalue weighted by molar-refractivity contribution is -0.117. The minimum Gasteiger partial charge on any atom is -0.308 e. The summed E-state index contributed by atoms with van der Waals surface area (Å²) in [6, 6.07) is 7.84. The second-order valence-electron chi connectivity index (χ2n) is 7.90. The summed E-state index contributed by atoms with van der Waals surface area (Å²) in [4.78, 5) is 17.3. The summed E-state index contributed by atoms with van der Waals surface area (Å²) in [7, 11) is 0. The van der Waals surface area contributed by atoms with Crippen LogP contribution in [0.3, 0.4) is 0 Å². The summed E-state index contributed by atoms with van der Waals surface area (Å²) in [6.45, 7) is 4.41. The molecule has 4 rings (SSSR count). The Morgan fingerprint density at radius 2 is 1.79 bits per heavy atom. The predicted octanol–water partition coefficient (Wildman–Crippen LogP) is 4.07. The fraction of sp³-hybridized carbons (Fsp3) is 0.524. The Bertz CT molecular complexity index is 841. The van der Waals surface area contributed by atoms with Crippen LogP contribution in [-0.4, -0.2) is 64.3 Å². The number of nitrogens with zero attached hydrogens (tertiary/aromatic N) is 4. The van der Waals surface area contributed by atoms with Crippen molar-refractivity contribution < 1.29 is 4.79 Å². The van der Waals surface area contributed by atoms with E-state index in [-0.39, 0.29) is 5.91 Å². The second-order valence-corrected chi connectivity index (χ2v) is 8.71. The highest BCUT2D eigenvalue weighted by atomic mass is 35.5. The molecule has 0 atom stereocenters. The Kier molecular flexibility index (Phi) is 6.75. The third-order valence-corrected chi connectivity index (χ3v) is 6.63. The van der Waals surface area contributed by atoms with Gasteiger partial charge in [-0.3, -0.25) is 14.6 Å². The van der Waals surface area contributed by atoms with Crippen LogP contribution in [0.1, 0.15) is 32.1 Å². The predicted molar refractivity (Wildman–Crippen MR) is 117 cm³/mol. The number of aromatic nitrogens is 2. The zero-order valence-corrected chi connectivity index (χ0v) is 18.0. The molecule has 1 saturated heterocycles. The monoisotopic (exact) mass is 435 g/mol. The lowest BCUT2D eigenvalue weighted by Crippen LogP contribution is -2.52. The summed E-state index contributed by atoms with van der Waals surface area (Å²) >= 11 is 12.0. The first-order valence-corrected chi connectivity index (χ1v) is 11.1. The Labute approximate surface area is 181 Å². The van der Waals surface area contributed by atoms with Crippen LogP contribution in [0, 0.1) is 0 Å². The van der Waals surface area contributed by atoms with Crippen LogP contribution in [0.15, 0.2) is 30.5 Å². The third kappa shape index (κ3) is 5.31. The molecule has 1 aromatic carbocycles. The maximum atomic E-state index is 12.5. The van der Waals surface area contributed by atoms with Gasteiger partial charge in [0, 0.05) is 44.5 Å². The van der Waals surface area contributed by atoms with Gasteiger partial charge in [0.1, 0.15) is 0 Å². The molecule has 1 saturated carbocycles. The first-order chi connectivity index (χ1) is 14.1. The molecule has 156 valence electrons. The molecule has 1 N–H and O–H groups in total. The molecule has 2 aliphatic rings. The smallest absolute Gasteiger partial charge is 0.239 e. The highest BCUT2D eigenvalue weighted by Gasteiger charge is 2.25. The maximum absolute atomic E-state index is 12.5. The van der Waals surface area contributed by atoms with Crippen molar-refractivity contribution in [2.45, 2.75) is 38.1 Å². The van der Waals surface area contributed by atoms with Gasteiger partial charge in [0.15, 0.2) is 5.82 Å². The number of rotatable bonds is 5. The Hall–Kier alpha value is -1.60. The number of anilines is 1. The zero-order chi connectivity index (χ0) is 20.2. The summed E-state index contributed by atoms with van der Waals surface area (Å²) in [5.41, 5.74) is 0.790. The van der Waals surface area contributed by atoms with E-state index in [1.54, 1.807) is 29.1 Å². The van der Waals surface area contributed by atoms with E-state index in [4.69, 9.17) is 23.2 Å². The van der Waals surface area contributed by atoms with Crippen LogP contribution in [0.25, 0.3) is 5.69 Å². The fourth-order valence-corrected chi connectivity index (χ4v) is 4.57. The number of nitrogens with one attached hydrogen (secondary N) is 1. The molecule has 0 spiro atoms. The highest BCUT2D eigenvalue weighted by molar-refractivity contribution is 6.42. The molecular formula is C21H27Cl2N5O. The van der Waals surface area contributed by atoms with Crippen molar-refractivity contribution in [3.8, 4) is 5.69 Å². The van der Waals surface area contributed by atoms with E-state index in [1.165, 1.54) is 32.1 Å². The van der Waals surface area contributed by atoms with Crippen molar-refractivity contribution >= 4 is 34.9 Å². The van der Waals surface area contributed by atoms with Crippen LogP contribution in [-0.2, 0) is 4.79 Å². The van der Waals surface area contributed by atoms with E-state index in [1.807, 2.05) is 6.07 Å². The molecule has 1 aromatic heterocycles. The van der Waals surface area contributed by atoms with Gasteiger partial charge in [-0.2, -0.15) is 5.10 Å². The van der Waals surface area contributed by atoms with Crippen molar-refractivity contribution in [1.82, 2.24) is 19.6 Å². The molecule has 0 radical (unpaired) electrons. The third-order valence-electron chi connectivity index (χ3n) is 5.89. The molecule has 2 fully saturated rings. The Morgan fingerprint density at radius 3 is 2.52 bits per heavy atom. The fourth-order valence-electron chi connectivity index (χ4n) is 4.28. The Morgan fingerprint density at radius 1 is 1.03 bits per heavy atom. The first kappa shape index (κ1) is 20.7. The minimum atomic E-state index is -0.0319. The topological polar surface area (TPSA) is 53.4 Å². The van der Waals surface area contributed by atoms with Crippen molar-refractivity contribution in [1.29, 1.82) is 0 Å². The van der Waals surface area contributed by atoms with Crippen LogP contribution < -0.4 is 5.32 Å². The van der Waals surface area contributed by atoms with Crippen LogP contribution in [0.5, 0.6) is 0 Å². The largest absolute Gasteiger partial charge is 0.308 e. The number of hydrogen-bond donors (Lipinski definition) is 1. The number of hydrogen-bond acceptors (Lipinski definition) is 4. The van der Waals surface area contributed by atoms with Gasteiger partial charge in [-0.15, -0.1) is 0 Å². The average Bonchev–Trinajstić information content (AvgIpc) is 3.19. The van der Waals surface area contributed by atoms with Gasteiger partial charge < -0.3 is 5.32 Å². The average molecular weight is 436 g/mol. The number of carbonyl (C=O) groups is 1. The van der Waals surface area contributed by atoms with Crippen molar-refractivity contribution in [3.05, 3.63) is 40.5 Å². The minimum absolute atomic E-state index is 0.0319. The lowest BCUT2D eigenvalue weighted by Gasteiger charge is -2.40. The molecule has 1 aliphatic carbocycles. The number of benzene rings is 1. The van der Waals surface area contributed by atoms with Crippen LogP contribution >= 0.6 is 23.2 Å². The quantitative estimate of drug-likeness (QED) is 0.768. The van der Waals surface area contributed by atoms with Crippen molar-refractivity contribution in [2.75, 3.05) is 38.0 Å². The van der Waals surface area contributed by atoms with Gasteiger partial charge in [0.05, 0.1) is 22.3 Å². The van der Waals surface area contributed by atoms with E-state index in [0.717, 1.165) is 37.9 Å². The van der Waals surface area contributed by atoms with Crippen LogP contribution in [0.2, 0.25) is 10.0 Å². The number of halogens is 2. The molecular weight excluding hydrogens is 409 g/mol. The highest BCUT2D eigenvalue weighted by Crippen LogP contribution is 2.25. The molecule has 29 heavy (non-hydrogen) atoms. The number of carbonyl (C=O) groups excluding carboxylic acids is 1. The molecule has 0 unspecified atom stereocenters. The van der Waals surface area contributed by atoms with Gasteiger partial charge in [-0.1, -0.05) is 42.5 Å². The summed E-state index contributed by atoms with van der Waals surface area (Å²) < 4.78 is 1.67. The SMILES string of the molecule is O=C(CN1CCN(C2CCCCC2)CC1)Nc1ccn(-c2ccc(Cl)c(Cl)c2)n1. The van der Waals surface area contributed by atoms with Gasteiger partial charge in [-0.25, -0.2) is 4.68 Å². The lowest BCUT2D eigenvalue weighted by atomic mass is 9.94. The van der Waals surface area contributed by atoms with Gasteiger partial charge in [-0.05, 0) is 31.0 Å². The molecule has 8 heteroatoms.